The van der Waals surface area contributed by atoms with Crippen molar-refractivity contribution in [2.45, 2.75) is 57.3 Å². The van der Waals surface area contributed by atoms with Gasteiger partial charge in [-0.3, -0.25) is 24.0 Å². The predicted octanol–water partition coefficient (Wildman–Crippen LogP) is 1.11. The fourth-order valence-corrected chi connectivity index (χ4v) is 4.02. The first kappa shape index (κ1) is 20.1. The van der Waals surface area contributed by atoms with Crippen molar-refractivity contribution in [1.82, 2.24) is 30.3 Å². The average Bonchev–Trinajstić information content (AvgIpc) is 3.41. The highest BCUT2D eigenvalue weighted by molar-refractivity contribution is 6.01. The second-order valence-electron chi connectivity index (χ2n) is 8.21. The Morgan fingerprint density at radius 1 is 1.30 bits per heavy atom. The van der Waals surface area contributed by atoms with E-state index in [9.17, 15) is 14.4 Å². The molecule has 3 amide bonds. The number of rotatable bonds is 5. The van der Waals surface area contributed by atoms with Crippen LogP contribution < -0.4 is 10.6 Å². The molecule has 1 saturated carbocycles. The molecule has 1 aliphatic heterocycles. The van der Waals surface area contributed by atoms with Gasteiger partial charge in [-0.1, -0.05) is 18.9 Å². The molecule has 4 rings (SSSR count). The number of likely N-dealkylation sites (N-methyl/N-ethyl adjacent to an activating group) is 1. The van der Waals surface area contributed by atoms with Crippen molar-refractivity contribution in [3.05, 3.63) is 47.5 Å². The summed E-state index contributed by atoms with van der Waals surface area (Å²) in [6.45, 7) is 2.24. The molecule has 0 radical (unpaired) electrons. The first-order valence-corrected chi connectivity index (χ1v) is 10.2. The third-order valence-corrected chi connectivity index (χ3v) is 6.09. The number of carbonyl (C=O) groups is 3. The Bertz CT molecular complexity index is 966. The van der Waals surface area contributed by atoms with Gasteiger partial charge in [-0.2, -0.15) is 5.10 Å². The normalized spacial score (nSPS) is 21.4. The molecule has 3 heterocycles. The lowest BCUT2D eigenvalue weighted by molar-refractivity contribution is -0.133. The smallest absolute Gasteiger partial charge is 0.272 e. The van der Waals surface area contributed by atoms with Crippen molar-refractivity contribution in [3.8, 4) is 0 Å². The maximum absolute atomic E-state index is 13.0. The van der Waals surface area contributed by atoms with Crippen LogP contribution in [0.3, 0.4) is 0 Å². The number of aromatic nitrogens is 3. The van der Waals surface area contributed by atoms with Crippen LogP contribution >= 0.6 is 0 Å². The highest BCUT2D eigenvalue weighted by Gasteiger charge is 2.46. The monoisotopic (exact) mass is 410 g/mol. The van der Waals surface area contributed by atoms with Crippen LogP contribution in [-0.2, 0) is 17.9 Å². The number of nitrogens with zero attached hydrogens (tertiary/aromatic N) is 4. The molecular weight excluding hydrogens is 384 g/mol. The fourth-order valence-electron chi connectivity index (χ4n) is 4.02. The van der Waals surface area contributed by atoms with E-state index in [-0.39, 0.29) is 36.0 Å². The van der Waals surface area contributed by atoms with Crippen LogP contribution in [-0.4, -0.2) is 56.0 Å². The molecular formula is C21H26N6O3. The molecule has 158 valence electrons. The third-order valence-electron chi connectivity index (χ3n) is 6.09. The number of nitrogens with one attached hydrogen (secondary N) is 2. The van der Waals surface area contributed by atoms with Crippen molar-refractivity contribution in [2.24, 2.45) is 0 Å². The quantitative estimate of drug-likeness (QED) is 0.768. The van der Waals surface area contributed by atoms with E-state index in [1.54, 1.807) is 32.4 Å². The average molecular weight is 410 g/mol. The van der Waals surface area contributed by atoms with Gasteiger partial charge >= 0.3 is 0 Å². The minimum atomic E-state index is -1.07. The van der Waals surface area contributed by atoms with Crippen molar-refractivity contribution >= 4 is 17.7 Å². The van der Waals surface area contributed by atoms with Gasteiger partial charge in [0.1, 0.15) is 11.2 Å². The Morgan fingerprint density at radius 3 is 2.77 bits per heavy atom. The molecule has 1 aliphatic carbocycles. The summed E-state index contributed by atoms with van der Waals surface area (Å²) < 4.78 is 1.47. The summed E-state index contributed by atoms with van der Waals surface area (Å²) in [5, 5.41) is 10.2. The lowest BCUT2D eigenvalue weighted by atomic mass is 9.95. The largest absolute Gasteiger partial charge is 0.351 e. The lowest BCUT2D eigenvalue weighted by Crippen LogP contribution is -2.63. The number of fused-ring (bicyclic) bond motifs is 1. The van der Waals surface area contributed by atoms with Crippen molar-refractivity contribution < 1.29 is 14.4 Å². The number of amides is 3. The topological polar surface area (TPSA) is 109 Å². The molecule has 0 bridgehead atoms. The molecule has 9 heteroatoms. The van der Waals surface area contributed by atoms with Gasteiger partial charge in [0.05, 0.1) is 6.54 Å². The first-order chi connectivity index (χ1) is 14.4. The van der Waals surface area contributed by atoms with Crippen LogP contribution in [0.25, 0.3) is 0 Å². The Hall–Kier alpha value is -3.23. The molecule has 1 fully saturated rings. The summed E-state index contributed by atoms with van der Waals surface area (Å²) in [6, 6.07) is 5.29. The highest BCUT2D eigenvalue weighted by Crippen LogP contribution is 2.27. The van der Waals surface area contributed by atoms with Gasteiger partial charge in [0.2, 0.25) is 5.91 Å². The zero-order valence-corrected chi connectivity index (χ0v) is 17.2. The van der Waals surface area contributed by atoms with Crippen LogP contribution in [0.4, 0.5) is 0 Å². The Morgan fingerprint density at radius 2 is 2.07 bits per heavy atom. The molecule has 2 N–H and O–H groups in total. The van der Waals surface area contributed by atoms with Crippen LogP contribution in [0.2, 0.25) is 0 Å². The molecule has 1 unspecified atom stereocenters. The number of hydrogen-bond acceptors (Lipinski definition) is 5. The van der Waals surface area contributed by atoms with E-state index in [0.717, 1.165) is 31.2 Å². The fraction of sp³-hybridized carbons (Fsp3) is 0.476. The minimum absolute atomic E-state index is 0.149. The summed E-state index contributed by atoms with van der Waals surface area (Å²) >= 11 is 0. The number of carbonyl (C=O) groups excluding carboxylic acids is 3. The molecule has 0 spiro atoms. The van der Waals surface area contributed by atoms with Gasteiger partial charge in [-0.15, -0.1) is 0 Å². The summed E-state index contributed by atoms with van der Waals surface area (Å²) in [7, 11) is 1.62. The van der Waals surface area contributed by atoms with E-state index < -0.39 is 5.54 Å². The predicted molar refractivity (Wildman–Crippen MR) is 109 cm³/mol. The van der Waals surface area contributed by atoms with Gasteiger partial charge in [-0.05, 0) is 31.4 Å². The van der Waals surface area contributed by atoms with Crippen LogP contribution in [0.5, 0.6) is 0 Å². The maximum Gasteiger partial charge on any atom is 0.272 e. The Labute approximate surface area is 174 Å². The second kappa shape index (κ2) is 7.89. The van der Waals surface area contributed by atoms with Crippen molar-refractivity contribution in [1.29, 1.82) is 0 Å². The van der Waals surface area contributed by atoms with Gasteiger partial charge in [0, 0.05) is 38.1 Å². The van der Waals surface area contributed by atoms with Crippen molar-refractivity contribution in [3.63, 3.8) is 0 Å². The highest BCUT2D eigenvalue weighted by atomic mass is 16.2. The van der Waals surface area contributed by atoms with Crippen LogP contribution in [0, 0.1) is 0 Å². The van der Waals surface area contributed by atoms with E-state index in [4.69, 9.17) is 0 Å². The Kier molecular flexibility index (Phi) is 5.27. The van der Waals surface area contributed by atoms with E-state index >= 15 is 0 Å². The van der Waals surface area contributed by atoms with E-state index in [1.165, 1.54) is 15.6 Å². The molecule has 2 aromatic heterocycles. The zero-order valence-electron chi connectivity index (χ0n) is 17.2. The maximum atomic E-state index is 13.0. The molecule has 0 aromatic carbocycles. The van der Waals surface area contributed by atoms with E-state index in [1.807, 2.05) is 6.07 Å². The Balaban J connectivity index is 1.50. The summed E-state index contributed by atoms with van der Waals surface area (Å²) in [5.74, 6) is -0.897. The van der Waals surface area contributed by atoms with Gasteiger partial charge < -0.3 is 15.5 Å². The molecule has 30 heavy (non-hydrogen) atoms. The van der Waals surface area contributed by atoms with Gasteiger partial charge in [0.15, 0.2) is 5.69 Å². The summed E-state index contributed by atoms with van der Waals surface area (Å²) in [4.78, 5) is 43.9. The molecule has 2 aromatic rings. The lowest BCUT2D eigenvalue weighted by Gasteiger charge is -2.41. The first-order valence-electron chi connectivity index (χ1n) is 10.2. The van der Waals surface area contributed by atoms with Crippen molar-refractivity contribution in [2.75, 3.05) is 7.05 Å². The standard InChI is InChI=1S/C21H26N6O3/c1-21(20(30)24-15-7-3-4-8-15)13-27-17(19(29)26(21)2)10-16(25-27)18(28)23-12-14-6-5-9-22-11-14/h5-6,9-11,15H,3-4,7-8,12-13H2,1-2H3,(H,23,28)(H,24,30). The molecule has 2 aliphatic rings. The minimum Gasteiger partial charge on any atom is -0.351 e. The summed E-state index contributed by atoms with van der Waals surface area (Å²) in [5.41, 5.74) is 0.246. The summed E-state index contributed by atoms with van der Waals surface area (Å²) in [6.07, 6.45) is 7.48. The van der Waals surface area contributed by atoms with Crippen LogP contribution in [0.15, 0.2) is 30.6 Å². The third kappa shape index (κ3) is 3.67. The SMILES string of the molecule is CN1C(=O)c2cc(C(=O)NCc3cccnc3)nn2CC1(C)C(=O)NC1CCCC1. The number of hydrogen-bond donors (Lipinski definition) is 2. The number of pyridine rings is 1. The van der Waals surface area contributed by atoms with E-state index in [2.05, 4.69) is 20.7 Å². The molecule has 9 nitrogen and oxygen atoms in total. The van der Waals surface area contributed by atoms with E-state index in [0.29, 0.717) is 12.2 Å². The van der Waals surface area contributed by atoms with Gasteiger partial charge in [0.25, 0.3) is 11.8 Å². The second-order valence-corrected chi connectivity index (χ2v) is 8.21. The molecule has 1 atom stereocenters. The van der Waals surface area contributed by atoms with Gasteiger partial charge in [-0.25, -0.2) is 0 Å². The zero-order chi connectivity index (χ0) is 21.3. The van der Waals surface area contributed by atoms with Crippen LogP contribution in [0.1, 0.15) is 59.1 Å². The molecule has 0 saturated heterocycles.